The van der Waals surface area contributed by atoms with Crippen molar-refractivity contribution in [2.24, 2.45) is 10.7 Å². The fourth-order valence-electron chi connectivity index (χ4n) is 4.67. The lowest BCUT2D eigenvalue weighted by Crippen LogP contribution is -2.35. The predicted molar refractivity (Wildman–Crippen MR) is 141 cm³/mol. The van der Waals surface area contributed by atoms with E-state index in [1.807, 2.05) is 43.3 Å². The number of benzene rings is 2. The quantitative estimate of drug-likeness (QED) is 0.526. The number of carbonyl (C=O) groups is 2. The number of β-amino-alcohol motifs (C(OH)–C–C–N with tert-alkyl or cyclic N) is 1. The van der Waals surface area contributed by atoms with Gasteiger partial charge in [0.1, 0.15) is 5.84 Å². The minimum atomic E-state index is -0.444. The summed E-state index contributed by atoms with van der Waals surface area (Å²) < 4.78 is 0. The van der Waals surface area contributed by atoms with Crippen molar-refractivity contribution in [3.63, 3.8) is 0 Å². The van der Waals surface area contributed by atoms with Gasteiger partial charge in [0.25, 0.3) is 5.91 Å². The van der Waals surface area contributed by atoms with E-state index in [1.54, 1.807) is 21.9 Å². The van der Waals surface area contributed by atoms with Crippen LogP contribution in [0.1, 0.15) is 48.5 Å². The number of hydrogen-bond donors (Lipinski definition) is 3. The Bertz CT molecular complexity index is 1170. The number of amidine groups is 1. The second kappa shape index (κ2) is 11.5. The molecule has 4 rings (SSSR count). The lowest BCUT2D eigenvalue weighted by molar-refractivity contribution is -0.127. The van der Waals surface area contributed by atoms with Crippen LogP contribution in [0, 0.1) is 0 Å². The number of aliphatic hydroxyl groups excluding tert-OH is 2. The highest BCUT2D eigenvalue weighted by Gasteiger charge is 2.25. The summed E-state index contributed by atoms with van der Waals surface area (Å²) in [5, 5.41) is 18.9. The highest BCUT2D eigenvalue weighted by atomic mass is 16.3. The first-order chi connectivity index (χ1) is 17.4. The van der Waals surface area contributed by atoms with E-state index in [2.05, 4.69) is 4.99 Å². The molecule has 0 bridgehead atoms. The molecule has 2 aliphatic rings. The van der Waals surface area contributed by atoms with Gasteiger partial charge in [-0.2, -0.15) is 0 Å². The molecule has 8 heteroatoms. The number of hydrogen-bond acceptors (Lipinski definition) is 6. The van der Waals surface area contributed by atoms with Gasteiger partial charge in [-0.3, -0.25) is 9.59 Å². The second-order valence-corrected chi connectivity index (χ2v) is 9.36. The third-order valence-corrected chi connectivity index (χ3v) is 6.55. The van der Waals surface area contributed by atoms with Crippen LogP contribution in [0.3, 0.4) is 0 Å². The lowest BCUT2D eigenvalue weighted by atomic mass is 9.99. The Morgan fingerprint density at radius 2 is 1.89 bits per heavy atom. The summed E-state index contributed by atoms with van der Waals surface area (Å²) in [6.45, 7) is 4.13. The fourth-order valence-corrected chi connectivity index (χ4v) is 4.67. The molecule has 1 unspecified atom stereocenters. The molecule has 2 amide bonds. The number of fused-ring (bicyclic) bond motifs is 1. The number of amides is 2. The van der Waals surface area contributed by atoms with E-state index in [0.717, 1.165) is 23.1 Å². The standard InChI is InChI=1S/C28H34N4O4/c1-2-11-31(12-3-14-33)28(36)23-15-22-9-8-21(16-25(22)30-26(29)17-23)19-4-6-20(7-5-19)27(35)32-13-10-24(34)18-32/h4-9,15-16,24,33-34H,2-3,10-14,17-18H2,1H3,(H2,29,30). The molecule has 190 valence electrons. The average molecular weight is 491 g/mol. The second-order valence-electron chi connectivity index (χ2n) is 9.36. The summed E-state index contributed by atoms with van der Waals surface area (Å²) in [5.41, 5.74) is 10.8. The number of nitrogens with two attached hydrogens (primary N) is 1. The first-order valence-electron chi connectivity index (χ1n) is 12.5. The highest BCUT2D eigenvalue weighted by molar-refractivity contribution is 6.05. The molecule has 8 nitrogen and oxygen atoms in total. The van der Waals surface area contributed by atoms with Crippen LogP contribution >= 0.6 is 0 Å². The number of rotatable bonds is 8. The molecule has 0 radical (unpaired) electrons. The monoisotopic (exact) mass is 490 g/mol. The van der Waals surface area contributed by atoms with Crippen molar-refractivity contribution in [1.29, 1.82) is 0 Å². The Morgan fingerprint density at radius 3 is 2.56 bits per heavy atom. The van der Waals surface area contributed by atoms with Crippen LogP contribution in [-0.4, -0.2) is 76.6 Å². The molecule has 0 spiro atoms. The molecule has 2 aromatic carbocycles. The van der Waals surface area contributed by atoms with Crippen LogP contribution in [0.4, 0.5) is 5.69 Å². The Labute approximate surface area is 211 Å². The van der Waals surface area contributed by atoms with E-state index < -0.39 is 6.10 Å². The van der Waals surface area contributed by atoms with Crippen LogP contribution in [0.15, 0.2) is 53.0 Å². The summed E-state index contributed by atoms with van der Waals surface area (Å²) in [7, 11) is 0. The Hall–Kier alpha value is -3.49. The zero-order valence-corrected chi connectivity index (χ0v) is 20.7. The van der Waals surface area contributed by atoms with Gasteiger partial charge >= 0.3 is 0 Å². The molecule has 36 heavy (non-hydrogen) atoms. The summed E-state index contributed by atoms with van der Waals surface area (Å²) in [6.07, 6.45) is 3.67. The minimum absolute atomic E-state index is 0.0400. The van der Waals surface area contributed by atoms with Crippen LogP contribution < -0.4 is 5.73 Å². The maximum atomic E-state index is 13.2. The maximum Gasteiger partial charge on any atom is 0.253 e. The van der Waals surface area contributed by atoms with E-state index in [9.17, 15) is 19.8 Å². The molecule has 0 aromatic heterocycles. The predicted octanol–water partition coefficient (Wildman–Crippen LogP) is 2.96. The van der Waals surface area contributed by atoms with Crippen LogP contribution in [0.5, 0.6) is 0 Å². The van der Waals surface area contributed by atoms with Gasteiger partial charge in [0.2, 0.25) is 5.91 Å². The smallest absolute Gasteiger partial charge is 0.253 e. The Balaban J connectivity index is 1.56. The van der Waals surface area contributed by atoms with Gasteiger partial charge in [0.05, 0.1) is 11.8 Å². The number of likely N-dealkylation sites (tertiary alicyclic amines) is 1. The zero-order valence-electron chi connectivity index (χ0n) is 20.7. The average Bonchev–Trinajstić information content (AvgIpc) is 3.24. The Kier molecular flexibility index (Phi) is 8.18. The van der Waals surface area contributed by atoms with E-state index in [-0.39, 0.29) is 24.8 Å². The fraction of sp³-hybridized carbons (Fsp3) is 0.393. The Morgan fingerprint density at radius 1 is 1.14 bits per heavy atom. The summed E-state index contributed by atoms with van der Waals surface area (Å²) in [6, 6.07) is 13.3. The van der Waals surface area contributed by atoms with Gasteiger partial charge in [-0.05, 0) is 54.7 Å². The lowest BCUT2D eigenvalue weighted by Gasteiger charge is -2.23. The first kappa shape index (κ1) is 25.6. The summed E-state index contributed by atoms with van der Waals surface area (Å²) >= 11 is 0. The SMILES string of the molecule is CCCN(CCCO)C(=O)C1=Cc2ccc(-c3ccc(C(=O)N4CCC(O)C4)cc3)cc2N=C(N)C1. The maximum absolute atomic E-state index is 13.2. The minimum Gasteiger partial charge on any atom is -0.396 e. The van der Waals surface area contributed by atoms with Crippen LogP contribution in [0.25, 0.3) is 17.2 Å². The normalized spacial score (nSPS) is 17.2. The number of nitrogens with zero attached hydrogens (tertiary/aromatic N) is 3. The molecule has 2 aliphatic heterocycles. The number of aliphatic imine (C=N–C) groups is 1. The van der Waals surface area contributed by atoms with E-state index in [0.29, 0.717) is 61.7 Å². The van der Waals surface area contributed by atoms with Gasteiger partial charge in [0, 0.05) is 55.9 Å². The molecule has 4 N–H and O–H groups in total. The van der Waals surface area contributed by atoms with Crippen molar-refractivity contribution in [2.45, 2.75) is 38.7 Å². The van der Waals surface area contributed by atoms with Gasteiger partial charge in [-0.15, -0.1) is 0 Å². The number of aliphatic hydroxyl groups is 2. The summed E-state index contributed by atoms with van der Waals surface area (Å²) in [5.74, 6) is 0.222. The molecule has 2 aromatic rings. The van der Waals surface area contributed by atoms with Crippen molar-refractivity contribution in [1.82, 2.24) is 9.80 Å². The van der Waals surface area contributed by atoms with Crippen molar-refractivity contribution < 1.29 is 19.8 Å². The van der Waals surface area contributed by atoms with Gasteiger partial charge < -0.3 is 25.7 Å². The van der Waals surface area contributed by atoms with Gasteiger partial charge in [0.15, 0.2) is 0 Å². The first-order valence-corrected chi connectivity index (χ1v) is 12.5. The van der Waals surface area contributed by atoms with E-state index in [1.165, 1.54) is 0 Å². The van der Waals surface area contributed by atoms with Crippen molar-refractivity contribution in [3.05, 3.63) is 59.2 Å². The molecule has 1 saturated heterocycles. The van der Waals surface area contributed by atoms with E-state index in [4.69, 9.17) is 5.73 Å². The van der Waals surface area contributed by atoms with Crippen molar-refractivity contribution in [3.8, 4) is 11.1 Å². The van der Waals surface area contributed by atoms with E-state index >= 15 is 0 Å². The van der Waals surface area contributed by atoms with Gasteiger partial charge in [-0.25, -0.2) is 4.99 Å². The molecule has 1 atom stereocenters. The molecular weight excluding hydrogens is 456 g/mol. The number of carbonyl (C=O) groups excluding carboxylic acids is 2. The molecule has 2 heterocycles. The van der Waals surface area contributed by atoms with Crippen molar-refractivity contribution in [2.75, 3.05) is 32.8 Å². The summed E-state index contributed by atoms with van der Waals surface area (Å²) in [4.78, 5) is 33.9. The molecule has 1 fully saturated rings. The molecule has 0 aliphatic carbocycles. The van der Waals surface area contributed by atoms with Gasteiger partial charge in [-0.1, -0.05) is 31.2 Å². The topological polar surface area (TPSA) is 119 Å². The zero-order chi connectivity index (χ0) is 25.7. The van der Waals surface area contributed by atoms with Crippen LogP contribution in [0.2, 0.25) is 0 Å². The molecular formula is C28H34N4O4. The van der Waals surface area contributed by atoms with Crippen LogP contribution in [-0.2, 0) is 4.79 Å². The highest BCUT2D eigenvalue weighted by Crippen LogP contribution is 2.32. The largest absolute Gasteiger partial charge is 0.396 e. The van der Waals surface area contributed by atoms with Crippen molar-refractivity contribution >= 4 is 29.4 Å². The third kappa shape index (κ3) is 5.83. The third-order valence-electron chi connectivity index (χ3n) is 6.55. The molecule has 0 saturated carbocycles.